The summed E-state index contributed by atoms with van der Waals surface area (Å²) in [4.78, 5) is 51.0. The first-order chi connectivity index (χ1) is 18.7. The molecule has 2 unspecified atom stereocenters. The Hall–Kier alpha value is -4.86. The molecular weight excluding hydrogens is 505 g/mol. The molecule has 2 aliphatic rings. The zero-order valence-electron chi connectivity index (χ0n) is 20.7. The van der Waals surface area contributed by atoms with Gasteiger partial charge in [0, 0.05) is 36.2 Å². The summed E-state index contributed by atoms with van der Waals surface area (Å²) in [5, 5.41) is 23.9. The number of hydrogen-bond acceptors (Lipinski definition) is 6. The van der Waals surface area contributed by atoms with Crippen LogP contribution in [-0.4, -0.2) is 27.7 Å². The monoisotopic (exact) mass is 529 g/mol. The number of carboxylic acids is 1. The number of amides is 1. The fourth-order valence-electron chi connectivity index (χ4n) is 5.29. The van der Waals surface area contributed by atoms with Crippen LogP contribution in [0.1, 0.15) is 48.8 Å². The molecule has 1 heterocycles. The van der Waals surface area contributed by atoms with Gasteiger partial charge in [0.25, 0.3) is 5.69 Å². The molecule has 2 N–H and O–H groups in total. The molecule has 3 aromatic carbocycles. The third kappa shape index (κ3) is 5.13. The molecule has 0 spiro atoms. The molecular formula is C29H24FN3O6. The number of nitrogens with zero attached hydrogens (tertiary/aromatic N) is 2. The Morgan fingerprint density at radius 1 is 1.00 bits per heavy atom. The molecule has 0 bridgehead atoms. The summed E-state index contributed by atoms with van der Waals surface area (Å²) in [7, 11) is 0. The number of carbonyl (C=O) groups is 3. The number of benzene rings is 3. The number of aliphatic carboxylic acids is 1. The number of non-ortho nitro benzene ring substituents is 1. The summed E-state index contributed by atoms with van der Waals surface area (Å²) in [6.45, 7) is 0. The Kier molecular flexibility index (Phi) is 6.93. The molecule has 5 rings (SSSR count). The fourth-order valence-corrected chi connectivity index (χ4v) is 5.29. The van der Waals surface area contributed by atoms with Crippen molar-refractivity contribution in [3.05, 3.63) is 111 Å². The summed E-state index contributed by atoms with van der Waals surface area (Å²) in [6.07, 6.45) is -0.303. The number of hydrogen-bond donors (Lipinski definition) is 2. The molecule has 198 valence electrons. The maximum absolute atomic E-state index is 13.9. The van der Waals surface area contributed by atoms with Crippen LogP contribution in [0.15, 0.2) is 84.1 Å². The number of nitro benzene ring substituents is 1. The highest BCUT2D eigenvalue weighted by atomic mass is 19.1. The second kappa shape index (κ2) is 10.5. The minimum atomic E-state index is -1.13. The van der Waals surface area contributed by atoms with Crippen LogP contribution in [0.5, 0.6) is 0 Å². The largest absolute Gasteiger partial charge is 0.481 e. The highest BCUT2D eigenvalue weighted by Gasteiger charge is 2.41. The lowest BCUT2D eigenvalue weighted by molar-refractivity contribution is -0.384. The number of para-hydroxylation sites is 2. The van der Waals surface area contributed by atoms with E-state index in [9.17, 15) is 34.0 Å². The van der Waals surface area contributed by atoms with Crippen LogP contribution in [-0.2, 0) is 14.4 Å². The molecule has 0 saturated carbocycles. The van der Waals surface area contributed by atoms with Crippen LogP contribution in [0.4, 0.5) is 21.5 Å². The Morgan fingerprint density at radius 3 is 2.46 bits per heavy atom. The molecule has 2 atom stereocenters. The van der Waals surface area contributed by atoms with Crippen molar-refractivity contribution in [1.82, 2.24) is 0 Å². The molecule has 39 heavy (non-hydrogen) atoms. The van der Waals surface area contributed by atoms with Crippen molar-refractivity contribution in [2.45, 2.75) is 37.6 Å². The van der Waals surface area contributed by atoms with Gasteiger partial charge in [-0.3, -0.25) is 29.4 Å². The van der Waals surface area contributed by atoms with E-state index >= 15 is 0 Å². The molecule has 1 aliphatic heterocycles. The quantitative estimate of drug-likeness (QED) is 0.319. The predicted octanol–water partition coefficient (Wildman–Crippen LogP) is 5.50. The Bertz CT molecular complexity index is 1520. The molecule has 0 saturated heterocycles. The highest BCUT2D eigenvalue weighted by Crippen LogP contribution is 2.47. The third-order valence-corrected chi connectivity index (χ3v) is 7.05. The van der Waals surface area contributed by atoms with Gasteiger partial charge in [-0.2, -0.15) is 0 Å². The van der Waals surface area contributed by atoms with Crippen molar-refractivity contribution in [3.8, 4) is 0 Å². The standard InChI is InChI=1S/C29H24FN3O6/c30-20-10-8-17(9-11-20)29-28-23(15-19(16-25(28)34)18-4-3-5-21(14-18)33(38)39)31-22-6-1-2-7-24(22)32(29)26(35)12-13-27(36)37/h1-11,14,19,29,31H,12-13,15-16H2,(H,36,37). The van der Waals surface area contributed by atoms with Gasteiger partial charge in [-0.05, 0) is 47.7 Å². The van der Waals surface area contributed by atoms with E-state index in [0.29, 0.717) is 40.2 Å². The summed E-state index contributed by atoms with van der Waals surface area (Å²) < 4.78 is 13.9. The molecule has 3 aromatic rings. The zero-order chi connectivity index (χ0) is 27.7. The van der Waals surface area contributed by atoms with Crippen LogP contribution in [0.2, 0.25) is 0 Å². The second-order valence-corrected chi connectivity index (χ2v) is 9.53. The van der Waals surface area contributed by atoms with E-state index < -0.39 is 35.1 Å². The summed E-state index contributed by atoms with van der Waals surface area (Å²) in [5.74, 6) is -2.72. The van der Waals surface area contributed by atoms with Gasteiger partial charge in [-0.1, -0.05) is 36.4 Å². The number of carbonyl (C=O) groups excluding carboxylic acids is 2. The highest BCUT2D eigenvalue weighted by molar-refractivity contribution is 6.06. The van der Waals surface area contributed by atoms with Crippen molar-refractivity contribution in [2.75, 3.05) is 10.2 Å². The first-order valence-corrected chi connectivity index (χ1v) is 12.4. The molecule has 1 aliphatic carbocycles. The number of nitrogens with one attached hydrogen (secondary N) is 1. The van der Waals surface area contributed by atoms with Crippen molar-refractivity contribution in [1.29, 1.82) is 0 Å². The van der Waals surface area contributed by atoms with Crippen molar-refractivity contribution >= 4 is 34.7 Å². The van der Waals surface area contributed by atoms with E-state index in [1.54, 1.807) is 36.4 Å². The third-order valence-electron chi connectivity index (χ3n) is 7.05. The van der Waals surface area contributed by atoms with Gasteiger partial charge in [-0.15, -0.1) is 0 Å². The number of carboxylic acid groups (broad SMARTS) is 1. The number of rotatable bonds is 6. The molecule has 0 aromatic heterocycles. The van der Waals surface area contributed by atoms with Crippen molar-refractivity contribution < 1.29 is 28.8 Å². The van der Waals surface area contributed by atoms with Crippen LogP contribution >= 0.6 is 0 Å². The van der Waals surface area contributed by atoms with Crippen LogP contribution in [0, 0.1) is 15.9 Å². The van der Waals surface area contributed by atoms with Crippen LogP contribution in [0.3, 0.4) is 0 Å². The first kappa shape index (κ1) is 25.8. The number of allylic oxidation sites excluding steroid dienone is 1. The summed E-state index contributed by atoms with van der Waals surface area (Å²) >= 11 is 0. The number of fused-ring (bicyclic) bond motifs is 1. The van der Waals surface area contributed by atoms with Crippen molar-refractivity contribution in [2.24, 2.45) is 0 Å². The smallest absolute Gasteiger partial charge is 0.303 e. The summed E-state index contributed by atoms with van der Waals surface area (Å²) in [6, 6.07) is 17.7. The number of anilines is 2. The van der Waals surface area contributed by atoms with Gasteiger partial charge in [0.2, 0.25) is 5.91 Å². The lowest BCUT2D eigenvalue weighted by Gasteiger charge is -2.35. The van der Waals surface area contributed by atoms with E-state index in [2.05, 4.69) is 5.32 Å². The lowest BCUT2D eigenvalue weighted by atomic mass is 9.78. The van der Waals surface area contributed by atoms with E-state index in [0.717, 1.165) is 0 Å². The number of nitro groups is 1. The lowest BCUT2D eigenvalue weighted by Crippen LogP contribution is -2.38. The van der Waals surface area contributed by atoms with Crippen LogP contribution < -0.4 is 10.2 Å². The Morgan fingerprint density at radius 2 is 1.74 bits per heavy atom. The Labute approximate surface area is 222 Å². The molecule has 0 fully saturated rings. The SMILES string of the molecule is O=C(O)CCC(=O)N1c2ccccc2NC2=C(C(=O)CC(c3cccc([N+](=O)[O-])c3)C2)C1c1ccc(F)cc1. The van der Waals surface area contributed by atoms with Gasteiger partial charge in [0.15, 0.2) is 5.78 Å². The molecule has 10 heteroatoms. The molecule has 1 amide bonds. The van der Waals surface area contributed by atoms with Crippen molar-refractivity contribution in [3.63, 3.8) is 0 Å². The predicted molar refractivity (Wildman–Crippen MR) is 141 cm³/mol. The van der Waals surface area contributed by atoms with E-state index in [1.165, 1.54) is 41.3 Å². The van der Waals surface area contributed by atoms with Gasteiger partial charge in [-0.25, -0.2) is 4.39 Å². The minimum Gasteiger partial charge on any atom is -0.481 e. The molecule has 9 nitrogen and oxygen atoms in total. The first-order valence-electron chi connectivity index (χ1n) is 12.4. The number of halogens is 1. The maximum atomic E-state index is 13.9. The van der Waals surface area contributed by atoms with Crippen LogP contribution in [0.25, 0.3) is 0 Å². The van der Waals surface area contributed by atoms with E-state index in [4.69, 9.17) is 0 Å². The van der Waals surface area contributed by atoms with E-state index in [1.807, 2.05) is 0 Å². The van der Waals surface area contributed by atoms with Gasteiger partial charge < -0.3 is 10.4 Å². The fraction of sp³-hybridized carbons (Fsp3) is 0.207. The zero-order valence-corrected chi connectivity index (χ0v) is 20.7. The number of ketones is 1. The minimum absolute atomic E-state index is 0.0485. The topological polar surface area (TPSA) is 130 Å². The van der Waals surface area contributed by atoms with Gasteiger partial charge in [0.05, 0.1) is 28.8 Å². The average Bonchev–Trinajstić information content (AvgIpc) is 3.07. The Balaban J connectivity index is 1.66. The maximum Gasteiger partial charge on any atom is 0.303 e. The van der Waals surface area contributed by atoms with Gasteiger partial charge in [0.1, 0.15) is 5.82 Å². The number of Topliss-reactive ketones (excluding diaryl/α,β-unsaturated/α-hetero) is 1. The van der Waals surface area contributed by atoms with E-state index in [-0.39, 0.29) is 30.2 Å². The second-order valence-electron chi connectivity index (χ2n) is 9.53. The van der Waals surface area contributed by atoms with Gasteiger partial charge >= 0.3 is 5.97 Å². The average molecular weight is 530 g/mol. The molecule has 0 radical (unpaired) electrons. The normalized spacial score (nSPS) is 18.5. The summed E-state index contributed by atoms with van der Waals surface area (Å²) in [5.41, 5.74) is 2.95.